The monoisotopic (exact) mass is 1430 g/mol. The van der Waals surface area contributed by atoms with Crippen molar-refractivity contribution in [1.29, 1.82) is 0 Å². The molecule has 0 aromatic rings. The molecule has 0 aliphatic rings. The van der Waals surface area contributed by atoms with E-state index in [1.165, 1.54) is 0 Å². The molecule has 0 fully saturated rings. The van der Waals surface area contributed by atoms with Crippen molar-refractivity contribution in [3.8, 4) is 0 Å². The van der Waals surface area contributed by atoms with Crippen LogP contribution in [0.5, 0.6) is 0 Å². The minimum atomic E-state index is -0.100. The van der Waals surface area contributed by atoms with E-state index in [1.807, 2.05) is 90.0 Å². The van der Waals surface area contributed by atoms with Gasteiger partial charge in [-0.2, -0.15) is 0 Å². The van der Waals surface area contributed by atoms with Gasteiger partial charge >= 0.3 is 0 Å². The molecule has 0 radical (unpaired) electrons. The molecule has 0 heterocycles. The van der Waals surface area contributed by atoms with Crippen LogP contribution in [0, 0.1) is 23.7 Å². The molecule has 0 rings (SSSR count). The second kappa shape index (κ2) is 70.6. The predicted octanol–water partition coefficient (Wildman–Crippen LogP) is 18.8. The van der Waals surface area contributed by atoms with Gasteiger partial charge in [0.1, 0.15) is 0 Å². The van der Waals surface area contributed by atoms with E-state index in [4.69, 9.17) is 85.3 Å². The van der Waals surface area contributed by atoms with Crippen LogP contribution in [0.15, 0.2) is 0 Å². The molecule has 18 nitrogen and oxygen atoms in total. The normalized spacial score (nSPS) is 13.5. The standard InChI is InChI=1S/C13H28O3.2C12H26O3.C11H24O3.C11H24O2.2C10H22O2.CH4/c1-11(2)9-14-7-8-15-10-12(3)16-13(4,5)6;1-11(2)10-14-7-6-13-8-9-15-12(3,4)5;1-6-7-13-8-9-14-10-11(2)15-12(3,4)5;1-5-6-12-7-8-13-9-10-14-11(2,3)4;1-9(2)7-12-8-10(3)13-11(4,5)6;1-9(2)8-11-6-7-12-10(3,4)5;1-6-7-11-8-9(2)12-10(3,4)5;/h11-12H,7-10H2,1-6H3;2*11H,6-10H2,1-5H3;5-10H2,1-4H3;9-10H,7-8H2,1-6H3;2*9H,6-8H2,1-5H3;1H4. The molecule has 604 valence electrons. The summed E-state index contributed by atoms with van der Waals surface area (Å²) >= 11 is 0. The zero-order valence-electron chi connectivity index (χ0n) is 71.3. The van der Waals surface area contributed by atoms with E-state index < -0.39 is 0 Å². The van der Waals surface area contributed by atoms with Gasteiger partial charge in [-0.25, -0.2) is 0 Å². The lowest BCUT2D eigenvalue weighted by Crippen LogP contribution is -2.29. The highest BCUT2D eigenvalue weighted by atomic mass is 16.6. The van der Waals surface area contributed by atoms with Crippen LogP contribution in [0.3, 0.4) is 0 Å². The van der Waals surface area contributed by atoms with Crippen LogP contribution >= 0.6 is 0 Å². The Balaban J connectivity index is -0.000000161. The lowest BCUT2D eigenvalue weighted by Gasteiger charge is -2.25. The van der Waals surface area contributed by atoms with Gasteiger partial charge in [0.05, 0.1) is 183 Å². The fraction of sp³-hybridized carbons (Fsp3) is 1.00. The summed E-state index contributed by atoms with van der Waals surface area (Å²) < 4.78 is 98.4. The highest BCUT2D eigenvalue weighted by molar-refractivity contribution is 4.66. The first-order valence-corrected chi connectivity index (χ1v) is 37.4. The van der Waals surface area contributed by atoms with Crippen molar-refractivity contribution < 1.29 is 85.3 Å². The highest BCUT2D eigenvalue weighted by Gasteiger charge is 2.19. The maximum atomic E-state index is 5.72. The molecular formula is C80H176O18. The van der Waals surface area contributed by atoms with Crippen LogP contribution < -0.4 is 0 Å². The molecule has 0 N–H and O–H groups in total. The molecule has 4 unspecified atom stereocenters. The quantitative estimate of drug-likeness (QED) is 0.0528. The summed E-state index contributed by atoms with van der Waals surface area (Å²) in [5.74, 6) is 2.39. The van der Waals surface area contributed by atoms with Crippen LogP contribution in [-0.4, -0.2) is 229 Å². The lowest BCUT2D eigenvalue weighted by molar-refractivity contribution is -0.0890. The predicted molar refractivity (Wildman–Crippen MR) is 414 cm³/mol. The van der Waals surface area contributed by atoms with Crippen LogP contribution in [0.2, 0.25) is 0 Å². The van der Waals surface area contributed by atoms with Crippen molar-refractivity contribution in [2.75, 3.05) is 165 Å². The topological polar surface area (TPSA) is 166 Å². The van der Waals surface area contributed by atoms with Crippen molar-refractivity contribution >= 4 is 0 Å². The van der Waals surface area contributed by atoms with Gasteiger partial charge in [-0.3, -0.25) is 0 Å². The number of rotatable bonds is 47. The molecule has 98 heavy (non-hydrogen) atoms. The van der Waals surface area contributed by atoms with Crippen molar-refractivity contribution in [2.45, 2.75) is 340 Å². The summed E-state index contributed by atoms with van der Waals surface area (Å²) in [6.07, 6.45) is 3.83. The zero-order chi connectivity index (χ0) is 76.6. The molecular weight excluding hydrogens is 1250 g/mol. The highest BCUT2D eigenvalue weighted by Crippen LogP contribution is 2.15. The summed E-state index contributed by atoms with van der Waals surface area (Å²) in [7, 11) is 0. The van der Waals surface area contributed by atoms with E-state index in [9.17, 15) is 0 Å². The van der Waals surface area contributed by atoms with Gasteiger partial charge in [0, 0.05) is 46.2 Å². The summed E-state index contributed by atoms with van der Waals surface area (Å²) in [6.45, 7) is 92.3. The first-order valence-electron chi connectivity index (χ1n) is 37.4. The van der Waals surface area contributed by atoms with Gasteiger partial charge in [-0.05, 0) is 216 Å². The molecule has 0 aromatic carbocycles. The lowest BCUT2D eigenvalue weighted by atomic mass is 10.2. The number of ether oxygens (including phenoxy) is 18. The van der Waals surface area contributed by atoms with Crippen molar-refractivity contribution in [3.63, 3.8) is 0 Å². The first-order chi connectivity index (χ1) is 44.4. The fourth-order valence-corrected chi connectivity index (χ4v) is 7.26. The van der Waals surface area contributed by atoms with Crippen LogP contribution in [0.25, 0.3) is 0 Å². The second-order valence-electron chi connectivity index (χ2n) is 33.1. The number of hydrogen-bond donors (Lipinski definition) is 0. The Bertz CT molecular complexity index is 1520. The third-order valence-corrected chi connectivity index (χ3v) is 10.3. The Morgan fingerprint density at radius 1 is 0.184 bits per heavy atom. The van der Waals surface area contributed by atoms with Gasteiger partial charge < -0.3 is 85.3 Å². The van der Waals surface area contributed by atoms with Gasteiger partial charge in [-0.15, -0.1) is 0 Å². The Kier molecular flexibility index (Phi) is 81.5. The third kappa shape index (κ3) is 135. The average Bonchev–Trinajstić information content (AvgIpc) is 1.34. The Labute approximate surface area is 611 Å². The minimum absolute atomic E-state index is 0. The maximum absolute atomic E-state index is 5.72. The maximum Gasteiger partial charge on any atom is 0.0787 e. The molecule has 0 aliphatic carbocycles. The van der Waals surface area contributed by atoms with Crippen molar-refractivity contribution in [3.05, 3.63) is 0 Å². The SMILES string of the molecule is C.CC(C)COCC(C)OC(C)(C)C.CC(C)COCCOC(C)(C)C.CC(C)COCCOCC(C)OC(C)(C)C.CC(C)COCCOCCOC(C)(C)C.CCCOCC(C)OC(C)(C)C.CCCOCCOCC(C)OC(C)(C)C.CCCOCCOCCOC(C)(C)C. The van der Waals surface area contributed by atoms with E-state index in [-0.39, 0.29) is 71.0 Å². The fourth-order valence-electron chi connectivity index (χ4n) is 7.26. The smallest absolute Gasteiger partial charge is 0.0787 e. The average molecular weight is 1430 g/mol. The van der Waals surface area contributed by atoms with Crippen LogP contribution in [-0.2, 0) is 85.3 Å². The Morgan fingerprint density at radius 2 is 0.337 bits per heavy atom. The van der Waals surface area contributed by atoms with E-state index in [0.29, 0.717) is 143 Å². The van der Waals surface area contributed by atoms with Crippen LogP contribution in [0.1, 0.15) is 276 Å². The number of hydrogen-bond acceptors (Lipinski definition) is 18. The molecule has 0 spiro atoms. The Morgan fingerprint density at radius 3 is 0.541 bits per heavy atom. The molecule has 0 aromatic heterocycles. The third-order valence-electron chi connectivity index (χ3n) is 10.3. The van der Waals surface area contributed by atoms with Gasteiger partial charge in [0.2, 0.25) is 0 Å². The van der Waals surface area contributed by atoms with Gasteiger partial charge in [0.25, 0.3) is 0 Å². The van der Waals surface area contributed by atoms with Gasteiger partial charge in [-0.1, -0.05) is 83.6 Å². The van der Waals surface area contributed by atoms with E-state index in [0.717, 1.165) is 65.5 Å². The summed E-state index contributed by atoms with van der Waals surface area (Å²) in [5.41, 5.74) is -0.505. The van der Waals surface area contributed by atoms with E-state index in [1.54, 1.807) is 0 Å². The van der Waals surface area contributed by atoms with Crippen LogP contribution in [0.4, 0.5) is 0 Å². The van der Waals surface area contributed by atoms with E-state index in [2.05, 4.69) is 159 Å². The molecule has 0 bridgehead atoms. The summed E-state index contributed by atoms with van der Waals surface area (Å²) in [4.78, 5) is 0. The zero-order valence-corrected chi connectivity index (χ0v) is 71.3. The van der Waals surface area contributed by atoms with E-state index >= 15 is 0 Å². The molecule has 4 atom stereocenters. The Hall–Kier alpha value is -0.720. The van der Waals surface area contributed by atoms with Crippen molar-refractivity contribution in [1.82, 2.24) is 0 Å². The van der Waals surface area contributed by atoms with Gasteiger partial charge in [0.15, 0.2) is 0 Å². The first kappa shape index (κ1) is 113. The molecule has 0 saturated heterocycles. The molecule has 18 heteroatoms. The minimum Gasteiger partial charge on any atom is -0.379 e. The molecule has 0 amide bonds. The summed E-state index contributed by atoms with van der Waals surface area (Å²) in [6, 6.07) is 0. The second-order valence-corrected chi connectivity index (χ2v) is 33.1. The molecule has 0 aliphatic heterocycles. The summed E-state index contributed by atoms with van der Waals surface area (Å²) in [5, 5.41) is 0. The largest absolute Gasteiger partial charge is 0.379 e. The van der Waals surface area contributed by atoms with Crippen molar-refractivity contribution in [2.24, 2.45) is 23.7 Å². The molecule has 0 saturated carbocycles.